The predicted molar refractivity (Wildman–Crippen MR) is 39.7 cm³/mol. The minimum atomic E-state index is -0.902. The fourth-order valence-corrected chi connectivity index (χ4v) is 0.701. The van der Waals surface area contributed by atoms with Gasteiger partial charge in [0.1, 0.15) is 6.04 Å². The van der Waals surface area contributed by atoms with Crippen LogP contribution in [0.15, 0.2) is 0 Å². The largest absolute Gasteiger partial charge is 0.480 e. The van der Waals surface area contributed by atoms with E-state index in [1.54, 1.807) is 0 Å². The third kappa shape index (κ3) is 3.45. The van der Waals surface area contributed by atoms with Crippen LogP contribution in [-0.4, -0.2) is 17.1 Å². The topological polar surface area (TPSA) is 63.3 Å². The van der Waals surface area contributed by atoms with Crippen molar-refractivity contribution in [2.24, 2.45) is 11.7 Å². The van der Waals surface area contributed by atoms with Crippen LogP contribution in [0.4, 0.5) is 0 Å². The molecule has 60 valence electrons. The first-order chi connectivity index (χ1) is 4.57. The van der Waals surface area contributed by atoms with E-state index in [1.807, 2.05) is 13.8 Å². The summed E-state index contributed by atoms with van der Waals surface area (Å²) in [6, 6.07) is -0.685. The third-order valence-electron chi connectivity index (χ3n) is 1.67. The van der Waals surface area contributed by atoms with E-state index in [1.165, 1.54) is 0 Å². The second kappa shape index (κ2) is 4.28. The monoisotopic (exact) mass is 145 g/mol. The van der Waals surface area contributed by atoms with Gasteiger partial charge in [0.2, 0.25) is 0 Å². The van der Waals surface area contributed by atoms with E-state index < -0.39 is 12.0 Å². The molecule has 3 nitrogen and oxygen atoms in total. The molecule has 0 rings (SSSR count). The normalized spacial score (nSPS) is 16.3. The molecule has 0 saturated heterocycles. The van der Waals surface area contributed by atoms with Gasteiger partial charge in [-0.25, -0.2) is 0 Å². The molecule has 0 spiro atoms. The molecule has 0 aliphatic rings. The van der Waals surface area contributed by atoms with Crippen LogP contribution >= 0.6 is 0 Å². The molecule has 0 aromatic heterocycles. The van der Waals surface area contributed by atoms with Crippen LogP contribution in [0.2, 0.25) is 0 Å². The summed E-state index contributed by atoms with van der Waals surface area (Å²) in [5.41, 5.74) is 5.29. The fraction of sp³-hybridized carbons (Fsp3) is 0.857. The van der Waals surface area contributed by atoms with Crippen LogP contribution in [-0.2, 0) is 4.79 Å². The second-order valence-electron chi connectivity index (χ2n) is 2.69. The van der Waals surface area contributed by atoms with Gasteiger partial charge in [0.05, 0.1) is 0 Å². The number of aliphatic carboxylic acids is 1. The number of hydrogen-bond donors (Lipinski definition) is 2. The summed E-state index contributed by atoms with van der Waals surface area (Å²) in [4.78, 5) is 10.2. The van der Waals surface area contributed by atoms with Crippen LogP contribution in [0, 0.1) is 5.92 Å². The molecular formula is C7H15NO2. The Kier molecular flexibility index (Phi) is 4.03. The van der Waals surface area contributed by atoms with E-state index in [4.69, 9.17) is 10.8 Å². The highest BCUT2D eigenvalue weighted by Gasteiger charge is 2.13. The molecule has 0 saturated carbocycles. The molecule has 0 bridgehead atoms. The van der Waals surface area contributed by atoms with Crippen LogP contribution in [0.1, 0.15) is 26.7 Å². The van der Waals surface area contributed by atoms with Crippen molar-refractivity contribution in [1.82, 2.24) is 0 Å². The van der Waals surface area contributed by atoms with Crippen LogP contribution in [0.5, 0.6) is 0 Å². The number of carbonyl (C=O) groups is 1. The summed E-state index contributed by atoms with van der Waals surface area (Å²) >= 11 is 0. The maximum Gasteiger partial charge on any atom is 0.320 e. The van der Waals surface area contributed by atoms with E-state index in [-0.39, 0.29) is 0 Å². The first-order valence-electron chi connectivity index (χ1n) is 3.56. The van der Waals surface area contributed by atoms with Crippen LogP contribution in [0.3, 0.4) is 0 Å². The highest BCUT2D eigenvalue weighted by atomic mass is 16.4. The number of hydrogen-bond acceptors (Lipinski definition) is 2. The van der Waals surface area contributed by atoms with Gasteiger partial charge in [0.25, 0.3) is 0 Å². The molecule has 0 aliphatic carbocycles. The van der Waals surface area contributed by atoms with E-state index in [2.05, 4.69) is 0 Å². The third-order valence-corrected chi connectivity index (χ3v) is 1.67. The fourth-order valence-electron chi connectivity index (χ4n) is 0.701. The lowest BCUT2D eigenvalue weighted by atomic mass is 10.0. The highest BCUT2D eigenvalue weighted by molar-refractivity contribution is 5.72. The summed E-state index contributed by atoms with van der Waals surface area (Å²) in [5.74, 6) is -0.494. The molecule has 0 aliphatic heterocycles. The molecular weight excluding hydrogens is 130 g/mol. The standard InChI is InChI=1S/C7H15NO2/c1-3-5(2)4-6(8)7(9)10/h5-6H,3-4,8H2,1-2H3,(H,9,10)/t5-,6+/m1/s1. The Morgan fingerprint density at radius 2 is 2.20 bits per heavy atom. The van der Waals surface area contributed by atoms with Gasteiger partial charge in [0, 0.05) is 0 Å². The molecule has 10 heavy (non-hydrogen) atoms. The van der Waals surface area contributed by atoms with E-state index in [9.17, 15) is 4.79 Å². The van der Waals surface area contributed by atoms with Crippen molar-refractivity contribution in [2.45, 2.75) is 32.7 Å². The Morgan fingerprint density at radius 1 is 1.70 bits per heavy atom. The summed E-state index contributed by atoms with van der Waals surface area (Å²) < 4.78 is 0. The van der Waals surface area contributed by atoms with Crippen molar-refractivity contribution in [2.75, 3.05) is 0 Å². The summed E-state index contributed by atoms with van der Waals surface area (Å²) in [7, 11) is 0. The summed E-state index contributed by atoms with van der Waals surface area (Å²) in [5, 5.41) is 8.40. The second-order valence-corrected chi connectivity index (χ2v) is 2.69. The van der Waals surface area contributed by atoms with Gasteiger partial charge in [-0.2, -0.15) is 0 Å². The zero-order valence-electron chi connectivity index (χ0n) is 6.50. The molecule has 0 fully saturated rings. The van der Waals surface area contributed by atoms with Crippen molar-refractivity contribution in [3.05, 3.63) is 0 Å². The Hall–Kier alpha value is -0.570. The SMILES string of the molecule is CC[C@@H](C)C[C@H](N)C(=O)O. The molecule has 0 aromatic rings. The van der Waals surface area contributed by atoms with Gasteiger partial charge in [-0.05, 0) is 12.3 Å². The lowest BCUT2D eigenvalue weighted by molar-refractivity contribution is -0.138. The van der Waals surface area contributed by atoms with Gasteiger partial charge < -0.3 is 10.8 Å². The quantitative estimate of drug-likeness (QED) is 0.616. The maximum atomic E-state index is 10.2. The molecule has 0 unspecified atom stereocenters. The molecule has 0 heterocycles. The Balaban J connectivity index is 3.56. The first kappa shape index (κ1) is 9.43. The van der Waals surface area contributed by atoms with Crippen molar-refractivity contribution in [3.8, 4) is 0 Å². The predicted octanol–water partition coefficient (Wildman–Crippen LogP) is 0.834. The number of carboxylic acid groups (broad SMARTS) is 1. The van der Waals surface area contributed by atoms with Crippen molar-refractivity contribution < 1.29 is 9.90 Å². The van der Waals surface area contributed by atoms with Crippen molar-refractivity contribution >= 4 is 5.97 Å². The Bertz CT molecular complexity index is 114. The van der Waals surface area contributed by atoms with Crippen molar-refractivity contribution in [3.63, 3.8) is 0 Å². The van der Waals surface area contributed by atoms with Gasteiger partial charge in [-0.3, -0.25) is 4.79 Å². The van der Waals surface area contributed by atoms with Crippen LogP contribution < -0.4 is 5.73 Å². The van der Waals surface area contributed by atoms with Gasteiger partial charge in [0.15, 0.2) is 0 Å². The summed E-state index contributed by atoms with van der Waals surface area (Å²) in [6.07, 6.45) is 1.56. The molecule has 0 aromatic carbocycles. The number of rotatable bonds is 4. The van der Waals surface area contributed by atoms with Crippen LogP contribution in [0.25, 0.3) is 0 Å². The molecule has 0 amide bonds. The van der Waals surface area contributed by atoms with Gasteiger partial charge in [-0.15, -0.1) is 0 Å². The average Bonchev–Trinajstić information content (AvgIpc) is 1.87. The lowest BCUT2D eigenvalue weighted by Crippen LogP contribution is -2.31. The maximum absolute atomic E-state index is 10.2. The zero-order chi connectivity index (χ0) is 8.15. The Morgan fingerprint density at radius 3 is 2.50 bits per heavy atom. The Labute approximate surface area is 61.2 Å². The summed E-state index contributed by atoms with van der Waals surface area (Å²) in [6.45, 7) is 4.03. The zero-order valence-corrected chi connectivity index (χ0v) is 6.50. The minimum absolute atomic E-state index is 0.408. The van der Waals surface area contributed by atoms with Gasteiger partial charge in [-0.1, -0.05) is 20.3 Å². The van der Waals surface area contributed by atoms with Crippen molar-refractivity contribution in [1.29, 1.82) is 0 Å². The minimum Gasteiger partial charge on any atom is -0.480 e. The van der Waals surface area contributed by atoms with E-state index in [0.717, 1.165) is 6.42 Å². The molecule has 2 atom stereocenters. The highest BCUT2D eigenvalue weighted by Crippen LogP contribution is 2.07. The lowest BCUT2D eigenvalue weighted by Gasteiger charge is -2.10. The van der Waals surface area contributed by atoms with Gasteiger partial charge >= 0.3 is 5.97 Å². The number of carboxylic acids is 1. The molecule has 3 heteroatoms. The molecule has 3 N–H and O–H groups in total. The van der Waals surface area contributed by atoms with E-state index >= 15 is 0 Å². The smallest absolute Gasteiger partial charge is 0.320 e. The first-order valence-corrected chi connectivity index (χ1v) is 3.56. The average molecular weight is 145 g/mol. The molecule has 0 radical (unpaired) electrons. The van der Waals surface area contributed by atoms with E-state index in [0.29, 0.717) is 12.3 Å². The number of nitrogens with two attached hydrogens (primary N) is 1.